The molecular weight excluding hydrogens is 138 g/mol. The molecule has 0 aromatic carbocycles. The van der Waals surface area contributed by atoms with E-state index < -0.39 is 0 Å². The Bertz CT molecular complexity index is 170. The lowest BCUT2D eigenvalue weighted by molar-refractivity contribution is -0.112. The maximum atomic E-state index is 10.6. The third-order valence-corrected chi connectivity index (χ3v) is 2.08. The van der Waals surface area contributed by atoms with Crippen LogP contribution in [-0.2, 0) is 4.79 Å². The standard InChI is InChI=1S/C9H15NO/c1-8(4-5-9(2)11)10-6-3-7-10/h4-5,8H,3,6-7H2,1-2H3/b5-4+/t8-/m1/s1. The van der Waals surface area contributed by atoms with E-state index in [9.17, 15) is 4.79 Å². The van der Waals surface area contributed by atoms with E-state index in [2.05, 4.69) is 11.8 Å². The summed E-state index contributed by atoms with van der Waals surface area (Å²) in [7, 11) is 0. The number of hydrogen-bond donors (Lipinski definition) is 0. The summed E-state index contributed by atoms with van der Waals surface area (Å²) in [5.41, 5.74) is 0. The van der Waals surface area contributed by atoms with Gasteiger partial charge in [0.1, 0.15) is 0 Å². The smallest absolute Gasteiger partial charge is 0.152 e. The van der Waals surface area contributed by atoms with Crippen molar-refractivity contribution in [1.82, 2.24) is 4.90 Å². The first kappa shape index (κ1) is 8.47. The number of likely N-dealkylation sites (tertiary alicyclic amines) is 1. The summed E-state index contributed by atoms with van der Waals surface area (Å²) in [5.74, 6) is 0.136. The third kappa shape index (κ3) is 2.46. The van der Waals surface area contributed by atoms with Gasteiger partial charge in [-0.25, -0.2) is 0 Å². The van der Waals surface area contributed by atoms with Crippen molar-refractivity contribution in [1.29, 1.82) is 0 Å². The number of carbonyl (C=O) groups is 1. The fraction of sp³-hybridized carbons (Fsp3) is 0.667. The highest BCUT2D eigenvalue weighted by Gasteiger charge is 2.17. The molecule has 0 amide bonds. The Balaban J connectivity index is 2.29. The van der Waals surface area contributed by atoms with Crippen molar-refractivity contribution in [2.75, 3.05) is 13.1 Å². The normalized spacial score (nSPS) is 21.6. The van der Waals surface area contributed by atoms with E-state index in [4.69, 9.17) is 0 Å². The Morgan fingerprint density at radius 3 is 2.55 bits per heavy atom. The number of ketones is 1. The summed E-state index contributed by atoms with van der Waals surface area (Å²) in [6.45, 7) is 6.07. The van der Waals surface area contributed by atoms with Gasteiger partial charge in [0.2, 0.25) is 0 Å². The molecule has 1 aliphatic rings. The monoisotopic (exact) mass is 153 g/mol. The van der Waals surface area contributed by atoms with Gasteiger partial charge in [-0.05, 0) is 39.4 Å². The Labute approximate surface area is 67.9 Å². The van der Waals surface area contributed by atoms with Crippen LogP contribution in [0.15, 0.2) is 12.2 Å². The topological polar surface area (TPSA) is 20.3 Å². The van der Waals surface area contributed by atoms with E-state index in [-0.39, 0.29) is 5.78 Å². The molecule has 0 aromatic heterocycles. The summed E-state index contributed by atoms with van der Waals surface area (Å²) >= 11 is 0. The Kier molecular flexibility index (Phi) is 2.83. The van der Waals surface area contributed by atoms with Crippen LogP contribution in [0.4, 0.5) is 0 Å². The number of nitrogens with zero attached hydrogens (tertiary/aromatic N) is 1. The summed E-state index contributed by atoms with van der Waals surface area (Å²) in [6.07, 6.45) is 4.93. The quantitative estimate of drug-likeness (QED) is 0.568. The van der Waals surface area contributed by atoms with E-state index in [1.54, 1.807) is 13.0 Å². The second-order valence-corrected chi connectivity index (χ2v) is 3.10. The van der Waals surface area contributed by atoms with Crippen molar-refractivity contribution in [3.05, 3.63) is 12.2 Å². The van der Waals surface area contributed by atoms with Gasteiger partial charge in [-0.3, -0.25) is 9.69 Å². The molecule has 0 N–H and O–H groups in total. The van der Waals surface area contributed by atoms with Crippen molar-refractivity contribution in [2.45, 2.75) is 26.3 Å². The molecule has 1 saturated heterocycles. The molecule has 0 aromatic rings. The maximum absolute atomic E-state index is 10.6. The lowest BCUT2D eigenvalue weighted by atomic mass is 10.1. The lowest BCUT2D eigenvalue weighted by Crippen LogP contribution is -2.42. The summed E-state index contributed by atoms with van der Waals surface area (Å²) in [4.78, 5) is 12.9. The van der Waals surface area contributed by atoms with E-state index >= 15 is 0 Å². The van der Waals surface area contributed by atoms with Crippen LogP contribution in [0.25, 0.3) is 0 Å². The van der Waals surface area contributed by atoms with Crippen LogP contribution in [0.2, 0.25) is 0 Å². The van der Waals surface area contributed by atoms with E-state index in [1.807, 2.05) is 6.08 Å². The zero-order chi connectivity index (χ0) is 8.27. The fourth-order valence-electron chi connectivity index (χ4n) is 1.14. The molecule has 62 valence electrons. The van der Waals surface area contributed by atoms with Crippen molar-refractivity contribution in [3.8, 4) is 0 Å². The average Bonchev–Trinajstić information content (AvgIpc) is 1.79. The third-order valence-electron chi connectivity index (χ3n) is 2.08. The summed E-state index contributed by atoms with van der Waals surface area (Å²) in [6, 6.07) is 0.438. The van der Waals surface area contributed by atoms with Crippen LogP contribution in [0.1, 0.15) is 20.3 Å². The zero-order valence-electron chi connectivity index (χ0n) is 7.21. The highest BCUT2D eigenvalue weighted by molar-refractivity contribution is 5.87. The Morgan fingerprint density at radius 1 is 1.55 bits per heavy atom. The number of allylic oxidation sites excluding steroid dienone is 1. The van der Waals surface area contributed by atoms with Gasteiger partial charge in [0, 0.05) is 6.04 Å². The fourth-order valence-corrected chi connectivity index (χ4v) is 1.14. The van der Waals surface area contributed by atoms with Gasteiger partial charge in [0.05, 0.1) is 0 Å². The SMILES string of the molecule is CC(=O)/C=C/[C@@H](C)N1CCC1. The molecule has 1 heterocycles. The van der Waals surface area contributed by atoms with Crippen LogP contribution >= 0.6 is 0 Å². The molecule has 0 saturated carbocycles. The van der Waals surface area contributed by atoms with Crippen LogP contribution in [0.5, 0.6) is 0 Å². The molecule has 0 bridgehead atoms. The molecule has 0 spiro atoms. The minimum atomic E-state index is 0.136. The molecule has 1 rings (SSSR count). The first-order chi connectivity index (χ1) is 5.20. The van der Waals surface area contributed by atoms with Crippen LogP contribution < -0.4 is 0 Å². The highest BCUT2D eigenvalue weighted by Crippen LogP contribution is 2.11. The Hall–Kier alpha value is -0.630. The minimum Gasteiger partial charge on any atom is -0.297 e. The summed E-state index contributed by atoms with van der Waals surface area (Å²) in [5, 5.41) is 0. The second-order valence-electron chi connectivity index (χ2n) is 3.10. The predicted octanol–water partition coefficient (Wildman–Crippen LogP) is 1.23. The molecule has 0 radical (unpaired) electrons. The van der Waals surface area contributed by atoms with Crippen LogP contribution in [0.3, 0.4) is 0 Å². The molecule has 0 unspecified atom stereocenters. The molecule has 1 fully saturated rings. The Morgan fingerprint density at radius 2 is 2.18 bits per heavy atom. The number of carbonyl (C=O) groups excluding carboxylic acids is 1. The second kappa shape index (κ2) is 3.67. The lowest BCUT2D eigenvalue weighted by Gasteiger charge is -2.34. The molecular formula is C9H15NO. The van der Waals surface area contributed by atoms with Gasteiger partial charge >= 0.3 is 0 Å². The van der Waals surface area contributed by atoms with Crippen LogP contribution in [0, 0.1) is 0 Å². The molecule has 11 heavy (non-hydrogen) atoms. The molecule has 0 aliphatic carbocycles. The van der Waals surface area contributed by atoms with Gasteiger partial charge < -0.3 is 0 Å². The number of hydrogen-bond acceptors (Lipinski definition) is 2. The van der Waals surface area contributed by atoms with Crippen LogP contribution in [-0.4, -0.2) is 29.8 Å². The average molecular weight is 153 g/mol. The van der Waals surface area contributed by atoms with E-state index in [0.29, 0.717) is 6.04 Å². The maximum Gasteiger partial charge on any atom is 0.152 e. The van der Waals surface area contributed by atoms with Gasteiger partial charge in [-0.2, -0.15) is 0 Å². The molecule has 1 atom stereocenters. The highest BCUT2D eigenvalue weighted by atomic mass is 16.1. The molecule has 1 aliphatic heterocycles. The zero-order valence-corrected chi connectivity index (χ0v) is 7.21. The van der Waals surface area contributed by atoms with Crippen molar-refractivity contribution >= 4 is 5.78 Å². The first-order valence-electron chi connectivity index (χ1n) is 4.13. The molecule has 2 nitrogen and oxygen atoms in total. The predicted molar refractivity (Wildman–Crippen MR) is 45.5 cm³/mol. The van der Waals surface area contributed by atoms with Gasteiger partial charge in [-0.1, -0.05) is 6.08 Å². The van der Waals surface area contributed by atoms with E-state index in [0.717, 1.165) is 0 Å². The first-order valence-corrected chi connectivity index (χ1v) is 4.13. The largest absolute Gasteiger partial charge is 0.297 e. The minimum absolute atomic E-state index is 0.136. The van der Waals surface area contributed by atoms with Gasteiger partial charge in [0.25, 0.3) is 0 Å². The van der Waals surface area contributed by atoms with Gasteiger partial charge in [0.15, 0.2) is 5.78 Å². The van der Waals surface area contributed by atoms with Crippen molar-refractivity contribution in [3.63, 3.8) is 0 Å². The van der Waals surface area contributed by atoms with E-state index in [1.165, 1.54) is 19.5 Å². The van der Waals surface area contributed by atoms with Gasteiger partial charge in [-0.15, -0.1) is 0 Å². The molecule has 2 heteroatoms. The number of rotatable bonds is 3. The summed E-state index contributed by atoms with van der Waals surface area (Å²) < 4.78 is 0. The van der Waals surface area contributed by atoms with Crippen molar-refractivity contribution in [2.24, 2.45) is 0 Å². The van der Waals surface area contributed by atoms with Crippen molar-refractivity contribution < 1.29 is 4.79 Å².